The van der Waals surface area contributed by atoms with Gasteiger partial charge in [-0.2, -0.15) is 0 Å². The Bertz CT molecular complexity index is 459. The van der Waals surface area contributed by atoms with Crippen LogP contribution in [0.1, 0.15) is 54.2 Å². The highest BCUT2D eigenvalue weighted by atomic mass is 32.1. The molecule has 1 aromatic heterocycles. The van der Waals surface area contributed by atoms with Crippen molar-refractivity contribution in [2.45, 2.75) is 47.0 Å². The molecule has 0 fully saturated rings. The molecule has 4 heteroatoms. The van der Waals surface area contributed by atoms with Crippen molar-refractivity contribution < 1.29 is 9.63 Å². The van der Waals surface area contributed by atoms with E-state index in [1.165, 1.54) is 16.9 Å². The maximum Gasteiger partial charge on any atom is 0.284 e. The summed E-state index contributed by atoms with van der Waals surface area (Å²) in [7, 11) is 0. The maximum atomic E-state index is 11.9. The number of fused-ring (bicyclic) bond motifs is 1. The number of carbonyl (C=O) groups excluding carboxylic acids is 1. The third-order valence-electron chi connectivity index (χ3n) is 3.84. The first-order valence-corrected chi connectivity index (χ1v) is 7.77. The second kappa shape index (κ2) is 5.63. The van der Waals surface area contributed by atoms with Crippen LogP contribution in [0.15, 0.2) is 6.07 Å². The van der Waals surface area contributed by atoms with Crippen LogP contribution in [-0.4, -0.2) is 12.5 Å². The van der Waals surface area contributed by atoms with E-state index in [2.05, 4.69) is 26.3 Å². The van der Waals surface area contributed by atoms with Gasteiger partial charge in [0.2, 0.25) is 0 Å². The maximum absolute atomic E-state index is 11.9. The molecular formula is C15H23NO2S. The molecule has 1 atom stereocenters. The van der Waals surface area contributed by atoms with Crippen molar-refractivity contribution in [2.75, 3.05) is 6.61 Å². The number of aryl methyl sites for hydroxylation is 1. The molecule has 3 nitrogen and oxygen atoms in total. The highest BCUT2D eigenvalue weighted by Gasteiger charge is 2.30. The first-order chi connectivity index (χ1) is 8.91. The molecule has 0 aliphatic heterocycles. The van der Waals surface area contributed by atoms with E-state index in [1.807, 2.05) is 13.0 Å². The van der Waals surface area contributed by atoms with Gasteiger partial charge >= 0.3 is 0 Å². The van der Waals surface area contributed by atoms with Crippen molar-refractivity contribution in [3.05, 3.63) is 21.4 Å². The van der Waals surface area contributed by atoms with Gasteiger partial charge in [0.25, 0.3) is 5.91 Å². The monoisotopic (exact) mass is 281 g/mol. The van der Waals surface area contributed by atoms with E-state index in [0.717, 1.165) is 17.7 Å². The van der Waals surface area contributed by atoms with Crippen LogP contribution in [0.4, 0.5) is 0 Å². The van der Waals surface area contributed by atoms with Gasteiger partial charge in [0.05, 0.1) is 11.5 Å². The highest BCUT2D eigenvalue weighted by Crippen LogP contribution is 2.39. The van der Waals surface area contributed by atoms with Crippen LogP contribution in [0, 0.1) is 11.3 Å². The van der Waals surface area contributed by atoms with Gasteiger partial charge in [-0.1, -0.05) is 20.8 Å². The fourth-order valence-corrected chi connectivity index (χ4v) is 3.66. The second-order valence-corrected chi connectivity index (χ2v) is 7.37. The summed E-state index contributed by atoms with van der Waals surface area (Å²) in [5, 5.41) is 0. The van der Waals surface area contributed by atoms with Crippen LogP contribution < -0.4 is 5.48 Å². The van der Waals surface area contributed by atoms with Crippen LogP contribution in [0.3, 0.4) is 0 Å². The summed E-state index contributed by atoms with van der Waals surface area (Å²) in [6, 6.07) is 2.05. The lowest BCUT2D eigenvalue weighted by Crippen LogP contribution is -2.26. The van der Waals surface area contributed by atoms with E-state index in [4.69, 9.17) is 4.84 Å². The zero-order chi connectivity index (χ0) is 14.0. The van der Waals surface area contributed by atoms with E-state index in [9.17, 15) is 4.79 Å². The molecule has 1 amide bonds. The van der Waals surface area contributed by atoms with E-state index in [1.54, 1.807) is 11.3 Å². The Morgan fingerprint density at radius 2 is 2.26 bits per heavy atom. The van der Waals surface area contributed by atoms with Gasteiger partial charge in [-0.15, -0.1) is 11.3 Å². The molecule has 2 rings (SSSR count). The SMILES string of the molecule is CCONC(=O)c1cc2c(s1)CCC(C(C)(C)C)C2. The molecule has 1 aliphatic carbocycles. The van der Waals surface area contributed by atoms with Crippen LogP contribution in [0.2, 0.25) is 0 Å². The number of hydrogen-bond acceptors (Lipinski definition) is 3. The molecule has 0 bridgehead atoms. The number of amides is 1. The van der Waals surface area contributed by atoms with Crippen molar-refractivity contribution in [3.63, 3.8) is 0 Å². The minimum absolute atomic E-state index is 0.117. The summed E-state index contributed by atoms with van der Waals surface area (Å²) in [5.41, 5.74) is 4.17. The van der Waals surface area contributed by atoms with E-state index < -0.39 is 0 Å². The Balaban J connectivity index is 2.10. The van der Waals surface area contributed by atoms with Crippen molar-refractivity contribution in [2.24, 2.45) is 11.3 Å². The van der Waals surface area contributed by atoms with Crippen molar-refractivity contribution in [3.8, 4) is 0 Å². The van der Waals surface area contributed by atoms with Crippen molar-refractivity contribution in [1.29, 1.82) is 0 Å². The topological polar surface area (TPSA) is 38.3 Å². The van der Waals surface area contributed by atoms with Crippen LogP contribution in [0.5, 0.6) is 0 Å². The van der Waals surface area contributed by atoms with Gasteiger partial charge in [-0.25, -0.2) is 5.48 Å². The molecule has 1 N–H and O–H groups in total. The smallest absolute Gasteiger partial charge is 0.274 e. The van der Waals surface area contributed by atoms with Crippen molar-refractivity contribution in [1.82, 2.24) is 5.48 Å². The molecule has 0 saturated carbocycles. The van der Waals surface area contributed by atoms with Gasteiger partial charge in [-0.05, 0) is 49.1 Å². The Morgan fingerprint density at radius 1 is 1.53 bits per heavy atom. The standard InChI is InChI=1S/C15H23NO2S/c1-5-18-16-14(17)13-9-10-8-11(15(2,3)4)6-7-12(10)19-13/h9,11H,5-8H2,1-4H3,(H,16,17). The minimum Gasteiger partial charge on any atom is -0.274 e. The Kier molecular flexibility index (Phi) is 4.31. The summed E-state index contributed by atoms with van der Waals surface area (Å²) >= 11 is 1.61. The summed E-state index contributed by atoms with van der Waals surface area (Å²) in [5.74, 6) is 0.589. The molecule has 19 heavy (non-hydrogen) atoms. The number of hydroxylamine groups is 1. The molecule has 0 aromatic carbocycles. The number of hydrogen-bond donors (Lipinski definition) is 1. The quantitative estimate of drug-likeness (QED) is 0.860. The number of carbonyl (C=O) groups is 1. The molecule has 1 aliphatic rings. The Labute approximate surface area is 119 Å². The zero-order valence-corrected chi connectivity index (χ0v) is 13.0. The lowest BCUT2D eigenvalue weighted by atomic mass is 9.72. The molecule has 1 unspecified atom stereocenters. The molecular weight excluding hydrogens is 258 g/mol. The highest BCUT2D eigenvalue weighted by molar-refractivity contribution is 7.14. The average Bonchev–Trinajstić information content (AvgIpc) is 2.77. The minimum atomic E-state index is -0.117. The van der Waals surface area contributed by atoms with E-state index >= 15 is 0 Å². The summed E-state index contributed by atoms with van der Waals surface area (Å²) in [4.78, 5) is 19.0. The lowest BCUT2D eigenvalue weighted by molar-refractivity contribution is 0.0368. The number of thiophene rings is 1. The van der Waals surface area contributed by atoms with Crippen LogP contribution >= 0.6 is 11.3 Å². The third-order valence-corrected chi connectivity index (χ3v) is 5.08. The third kappa shape index (κ3) is 3.37. The predicted molar refractivity (Wildman–Crippen MR) is 78.4 cm³/mol. The Morgan fingerprint density at radius 3 is 2.89 bits per heavy atom. The average molecular weight is 281 g/mol. The van der Waals surface area contributed by atoms with Gasteiger partial charge in [0.1, 0.15) is 0 Å². The van der Waals surface area contributed by atoms with Gasteiger partial charge in [0, 0.05) is 4.88 Å². The fraction of sp³-hybridized carbons (Fsp3) is 0.667. The van der Waals surface area contributed by atoms with Crippen molar-refractivity contribution >= 4 is 17.2 Å². The largest absolute Gasteiger partial charge is 0.284 e. The van der Waals surface area contributed by atoms with Gasteiger partial charge in [-0.3, -0.25) is 9.63 Å². The molecule has 0 saturated heterocycles. The van der Waals surface area contributed by atoms with E-state index in [0.29, 0.717) is 17.9 Å². The lowest BCUT2D eigenvalue weighted by Gasteiger charge is -2.33. The van der Waals surface area contributed by atoms with E-state index in [-0.39, 0.29) is 5.91 Å². The predicted octanol–water partition coefficient (Wildman–Crippen LogP) is 3.58. The van der Waals surface area contributed by atoms with Crippen LogP contribution in [0.25, 0.3) is 0 Å². The Hall–Kier alpha value is -0.870. The number of nitrogens with one attached hydrogen (secondary N) is 1. The molecule has 106 valence electrons. The summed E-state index contributed by atoms with van der Waals surface area (Å²) < 4.78 is 0. The first kappa shape index (κ1) is 14.5. The second-order valence-electron chi connectivity index (χ2n) is 6.23. The molecule has 0 spiro atoms. The molecule has 1 aromatic rings. The molecule has 0 radical (unpaired) electrons. The molecule has 1 heterocycles. The van der Waals surface area contributed by atoms with Crippen LogP contribution in [-0.2, 0) is 17.7 Å². The summed E-state index contributed by atoms with van der Waals surface area (Å²) in [6.45, 7) is 9.25. The number of rotatable bonds is 3. The van der Waals surface area contributed by atoms with Gasteiger partial charge < -0.3 is 0 Å². The van der Waals surface area contributed by atoms with Gasteiger partial charge in [0.15, 0.2) is 0 Å². The normalized spacial score (nSPS) is 19.1. The first-order valence-electron chi connectivity index (χ1n) is 6.95. The fourth-order valence-electron chi connectivity index (χ4n) is 2.56. The summed E-state index contributed by atoms with van der Waals surface area (Å²) in [6.07, 6.45) is 3.42. The zero-order valence-electron chi connectivity index (χ0n) is 12.2.